The van der Waals surface area contributed by atoms with Crippen molar-refractivity contribution < 1.29 is 14.5 Å². The van der Waals surface area contributed by atoms with Crippen LogP contribution in [0.25, 0.3) is 0 Å². The van der Waals surface area contributed by atoms with Crippen LogP contribution in [0.3, 0.4) is 0 Å². The summed E-state index contributed by atoms with van der Waals surface area (Å²) in [5, 5.41) is 14.4. The molecule has 0 aliphatic rings. The summed E-state index contributed by atoms with van der Waals surface area (Å²) in [4.78, 5) is 37.4. The first-order chi connectivity index (χ1) is 15.2. The molecule has 7 nitrogen and oxygen atoms in total. The first kappa shape index (κ1) is 26.0. The number of carbonyl (C=O) groups excluding carboxylic acids is 2. The van der Waals surface area contributed by atoms with E-state index in [1.807, 2.05) is 6.92 Å². The van der Waals surface area contributed by atoms with Gasteiger partial charge in [-0.25, -0.2) is 0 Å². The molecular weight excluding hydrogens is 473 g/mol. The van der Waals surface area contributed by atoms with Crippen molar-refractivity contribution in [3.63, 3.8) is 0 Å². The zero-order chi connectivity index (χ0) is 23.7. The second kappa shape index (κ2) is 12.7. The minimum atomic E-state index is -0.663. The molecule has 2 rings (SSSR count). The average molecular weight is 498 g/mol. The van der Waals surface area contributed by atoms with Gasteiger partial charge in [0.2, 0.25) is 11.8 Å². The summed E-state index contributed by atoms with van der Waals surface area (Å²) < 4.78 is 0. The summed E-state index contributed by atoms with van der Waals surface area (Å²) in [7, 11) is 0. The minimum Gasteiger partial charge on any atom is -0.354 e. The highest BCUT2D eigenvalue weighted by Crippen LogP contribution is 2.24. The second-order valence-corrected chi connectivity index (χ2v) is 8.95. The molecule has 0 fully saturated rings. The number of hydrogen-bond donors (Lipinski definition) is 1. The quantitative estimate of drug-likeness (QED) is 0.345. The molecule has 0 bridgehead atoms. The van der Waals surface area contributed by atoms with Crippen molar-refractivity contribution in [1.82, 2.24) is 10.2 Å². The topological polar surface area (TPSA) is 92.6 Å². The van der Waals surface area contributed by atoms with Crippen molar-refractivity contribution in [1.29, 1.82) is 0 Å². The standard InChI is InChI=1S/C22H25Cl2N3O4S/c1-3-10-25-22(29)15(2)26(12-17-6-9-19(23)20(24)11-17)21(28)14-32-13-16-4-7-18(8-5-16)27(30)31/h4-9,11,15H,3,10,12-14H2,1-2H3,(H,25,29)/t15-/m1/s1. The van der Waals surface area contributed by atoms with Crippen LogP contribution >= 0.6 is 35.0 Å². The van der Waals surface area contributed by atoms with Gasteiger partial charge < -0.3 is 10.2 Å². The first-order valence-corrected chi connectivity index (χ1v) is 12.0. The number of hydrogen-bond acceptors (Lipinski definition) is 5. The van der Waals surface area contributed by atoms with Crippen molar-refractivity contribution >= 4 is 52.5 Å². The van der Waals surface area contributed by atoms with E-state index in [-0.39, 0.29) is 29.8 Å². The van der Waals surface area contributed by atoms with Crippen molar-refractivity contribution in [3.8, 4) is 0 Å². The number of carbonyl (C=O) groups is 2. The third kappa shape index (κ3) is 7.69. The van der Waals surface area contributed by atoms with Gasteiger partial charge in [0.25, 0.3) is 5.69 Å². The van der Waals surface area contributed by atoms with Crippen LogP contribution in [-0.4, -0.2) is 40.0 Å². The van der Waals surface area contributed by atoms with Gasteiger partial charge >= 0.3 is 0 Å². The van der Waals surface area contributed by atoms with E-state index in [9.17, 15) is 19.7 Å². The number of nitrogens with zero attached hydrogens (tertiary/aromatic N) is 2. The molecule has 2 aromatic carbocycles. The van der Waals surface area contributed by atoms with Gasteiger partial charge in [0, 0.05) is 31.0 Å². The Kier molecular flexibility index (Phi) is 10.3. The van der Waals surface area contributed by atoms with Gasteiger partial charge in [-0.3, -0.25) is 19.7 Å². The van der Waals surface area contributed by atoms with Gasteiger partial charge in [-0.05, 0) is 36.6 Å². The van der Waals surface area contributed by atoms with Crippen LogP contribution in [0.1, 0.15) is 31.4 Å². The molecule has 10 heteroatoms. The lowest BCUT2D eigenvalue weighted by atomic mass is 10.1. The molecule has 0 aliphatic heterocycles. The number of benzene rings is 2. The van der Waals surface area contributed by atoms with Gasteiger partial charge in [0.1, 0.15) is 6.04 Å². The molecular formula is C22H25Cl2N3O4S. The number of nitro benzene ring substituents is 1. The molecule has 0 radical (unpaired) electrons. The van der Waals surface area contributed by atoms with E-state index in [1.165, 1.54) is 28.8 Å². The van der Waals surface area contributed by atoms with E-state index in [0.29, 0.717) is 22.3 Å². The van der Waals surface area contributed by atoms with Crippen molar-refractivity contribution in [2.24, 2.45) is 0 Å². The maximum absolute atomic E-state index is 13.0. The van der Waals surface area contributed by atoms with E-state index < -0.39 is 11.0 Å². The Hall–Kier alpha value is -2.29. The Morgan fingerprint density at radius 1 is 1.12 bits per heavy atom. The van der Waals surface area contributed by atoms with Gasteiger partial charge in [-0.2, -0.15) is 0 Å². The molecule has 0 spiro atoms. The Labute approximate surface area is 201 Å². The molecule has 2 amide bonds. The predicted molar refractivity (Wildman–Crippen MR) is 129 cm³/mol. The summed E-state index contributed by atoms with van der Waals surface area (Å²) in [6, 6.07) is 10.7. The van der Waals surface area contributed by atoms with E-state index in [2.05, 4.69) is 5.32 Å². The van der Waals surface area contributed by atoms with Gasteiger partial charge in [0.15, 0.2) is 0 Å². The van der Waals surface area contributed by atoms with Crippen LogP contribution in [0.5, 0.6) is 0 Å². The Morgan fingerprint density at radius 3 is 2.38 bits per heavy atom. The zero-order valence-corrected chi connectivity index (χ0v) is 20.2. The van der Waals surface area contributed by atoms with Crippen molar-refractivity contribution in [2.45, 2.75) is 38.6 Å². The van der Waals surface area contributed by atoms with Crippen LogP contribution in [0, 0.1) is 10.1 Å². The molecule has 1 atom stereocenters. The fourth-order valence-corrected chi connectivity index (χ4v) is 4.06. The highest BCUT2D eigenvalue weighted by molar-refractivity contribution is 7.99. The van der Waals surface area contributed by atoms with Crippen molar-refractivity contribution in [2.75, 3.05) is 12.3 Å². The van der Waals surface area contributed by atoms with E-state index in [4.69, 9.17) is 23.2 Å². The normalized spacial score (nSPS) is 11.6. The predicted octanol–water partition coefficient (Wildman–Crippen LogP) is 5.08. The van der Waals surface area contributed by atoms with Gasteiger partial charge in [0.05, 0.1) is 20.7 Å². The molecule has 0 aromatic heterocycles. The highest BCUT2D eigenvalue weighted by atomic mass is 35.5. The number of nitrogens with one attached hydrogen (secondary N) is 1. The number of rotatable bonds is 11. The number of halogens is 2. The molecule has 2 aromatic rings. The minimum absolute atomic E-state index is 0.0227. The number of amides is 2. The zero-order valence-electron chi connectivity index (χ0n) is 17.8. The molecule has 172 valence electrons. The van der Waals surface area contributed by atoms with E-state index in [1.54, 1.807) is 37.3 Å². The summed E-state index contributed by atoms with van der Waals surface area (Å²) in [5.74, 6) is 0.257. The summed E-state index contributed by atoms with van der Waals surface area (Å²) >= 11 is 13.5. The van der Waals surface area contributed by atoms with Crippen LogP contribution < -0.4 is 5.32 Å². The van der Waals surface area contributed by atoms with Gasteiger partial charge in [-0.15, -0.1) is 11.8 Å². The first-order valence-electron chi connectivity index (χ1n) is 10.0. The summed E-state index contributed by atoms with van der Waals surface area (Å²) in [6.45, 7) is 4.40. The molecule has 0 unspecified atom stereocenters. The lowest BCUT2D eigenvalue weighted by Gasteiger charge is -2.29. The van der Waals surface area contributed by atoms with E-state index >= 15 is 0 Å². The lowest BCUT2D eigenvalue weighted by molar-refractivity contribution is -0.384. The molecule has 0 heterocycles. The monoisotopic (exact) mass is 497 g/mol. The van der Waals surface area contributed by atoms with E-state index in [0.717, 1.165) is 17.5 Å². The van der Waals surface area contributed by atoms with Crippen LogP contribution in [0.15, 0.2) is 42.5 Å². The summed E-state index contributed by atoms with van der Waals surface area (Å²) in [5.41, 5.74) is 1.66. The maximum atomic E-state index is 13.0. The molecule has 1 N–H and O–H groups in total. The Morgan fingerprint density at radius 2 is 1.78 bits per heavy atom. The average Bonchev–Trinajstić information content (AvgIpc) is 2.77. The fraction of sp³-hybridized carbons (Fsp3) is 0.364. The smallest absolute Gasteiger partial charge is 0.269 e. The molecule has 0 saturated carbocycles. The molecule has 32 heavy (non-hydrogen) atoms. The Bertz CT molecular complexity index is 957. The van der Waals surface area contributed by atoms with Crippen LogP contribution in [0.4, 0.5) is 5.69 Å². The second-order valence-electron chi connectivity index (χ2n) is 7.15. The number of nitro groups is 1. The largest absolute Gasteiger partial charge is 0.354 e. The molecule has 0 saturated heterocycles. The van der Waals surface area contributed by atoms with Crippen molar-refractivity contribution in [3.05, 3.63) is 73.8 Å². The maximum Gasteiger partial charge on any atom is 0.269 e. The lowest BCUT2D eigenvalue weighted by Crippen LogP contribution is -2.48. The third-order valence-electron chi connectivity index (χ3n) is 4.69. The van der Waals surface area contributed by atoms with Crippen LogP contribution in [0.2, 0.25) is 10.0 Å². The third-order valence-corrected chi connectivity index (χ3v) is 6.42. The van der Waals surface area contributed by atoms with Gasteiger partial charge in [-0.1, -0.05) is 48.3 Å². The summed E-state index contributed by atoms with van der Waals surface area (Å²) in [6.07, 6.45) is 0.796. The Balaban J connectivity index is 2.07. The molecule has 0 aliphatic carbocycles. The SMILES string of the molecule is CCCNC(=O)[C@@H](C)N(Cc1ccc(Cl)c(Cl)c1)C(=O)CSCc1ccc([N+](=O)[O-])cc1. The van der Waals surface area contributed by atoms with Crippen LogP contribution in [-0.2, 0) is 21.9 Å². The highest BCUT2D eigenvalue weighted by Gasteiger charge is 2.26. The number of thioether (sulfide) groups is 1. The fourth-order valence-electron chi connectivity index (χ4n) is 2.87. The number of non-ortho nitro benzene ring substituents is 1.